The highest BCUT2D eigenvalue weighted by Crippen LogP contribution is 2.16. The molecule has 1 unspecified atom stereocenters. The summed E-state index contributed by atoms with van der Waals surface area (Å²) in [5.41, 5.74) is 6.53. The summed E-state index contributed by atoms with van der Waals surface area (Å²) in [5.74, 6) is -0.0655. The maximum atomic E-state index is 11.4. The largest absolute Gasteiger partial charge is 0.463 e. The summed E-state index contributed by atoms with van der Waals surface area (Å²) in [6, 6.07) is 0. The van der Waals surface area contributed by atoms with Gasteiger partial charge in [-0.1, -0.05) is 6.92 Å². The molecule has 0 bridgehead atoms. The van der Waals surface area contributed by atoms with Gasteiger partial charge in [-0.25, -0.2) is 4.79 Å². The molecule has 0 saturated heterocycles. The van der Waals surface area contributed by atoms with Crippen LogP contribution in [0.5, 0.6) is 0 Å². The summed E-state index contributed by atoms with van der Waals surface area (Å²) in [6.07, 6.45) is 0. The number of hydrogen-bond acceptors (Lipinski definition) is 3. The highest BCUT2D eigenvalue weighted by molar-refractivity contribution is 6.18. The minimum Gasteiger partial charge on any atom is -0.463 e. The van der Waals surface area contributed by atoms with Gasteiger partial charge in [-0.3, -0.25) is 0 Å². The van der Waals surface area contributed by atoms with Crippen molar-refractivity contribution in [2.75, 3.05) is 12.5 Å². The predicted octanol–water partition coefficient (Wildman–Crippen LogP) is 1.66. The highest BCUT2D eigenvalue weighted by atomic mass is 35.5. The summed E-state index contributed by atoms with van der Waals surface area (Å²) in [4.78, 5) is 11.4. The predicted molar refractivity (Wildman–Crippen MR) is 53.4 cm³/mol. The Morgan fingerprint density at radius 2 is 2.15 bits per heavy atom. The van der Waals surface area contributed by atoms with E-state index in [9.17, 15) is 4.79 Å². The van der Waals surface area contributed by atoms with Crippen molar-refractivity contribution in [1.82, 2.24) is 0 Å². The van der Waals surface area contributed by atoms with Crippen molar-refractivity contribution in [3.63, 3.8) is 0 Å². The van der Waals surface area contributed by atoms with Crippen molar-refractivity contribution >= 4 is 17.6 Å². The third-order valence-corrected chi connectivity index (χ3v) is 2.11. The zero-order chi connectivity index (χ0) is 10.4. The van der Waals surface area contributed by atoms with Gasteiger partial charge in [-0.05, 0) is 13.8 Å². The molecule has 0 aliphatic rings. The van der Waals surface area contributed by atoms with Crippen LogP contribution in [0.1, 0.15) is 20.8 Å². The number of allylic oxidation sites excluding steroid dienone is 1. The minimum atomic E-state index is -0.365. The Kier molecular flexibility index (Phi) is 5.55. The van der Waals surface area contributed by atoms with Crippen molar-refractivity contribution < 1.29 is 9.53 Å². The van der Waals surface area contributed by atoms with Gasteiger partial charge in [-0.2, -0.15) is 0 Å². The quantitative estimate of drug-likeness (QED) is 0.432. The van der Waals surface area contributed by atoms with E-state index in [0.717, 1.165) is 0 Å². The van der Waals surface area contributed by atoms with Crippen LogP contribution < -0.4 is 5.73 Å². The van der Waals surface area contributed by atoms with Gasteiger partial charge < -0.3 is 10.5 Å². The molecule has 0 saturated carbocycles. The van der Waals surface area contributed by atoms with Crippen molar-refractivity contribution in [3.8, 4) is 0 Å². The molecule has 0 aromatic rings. The van der Waals surface area contributed by atoms with E-state index in [4.69, 9.17) is 22.1 Å². The van der Waals surface area contributed by atoms with E-state index in [0.29, 0.717) is 23.8 Å². The summed E-state index contributed by atoms with van der Waals surface area (Å²) in [6.45, 7) is 5.63. The van der Waals surface area contributed by atoms with Gasteiger partial charge in [0.1, 0.15) is 0 Å². The Balaban J connectivity index is 4.64. The lowest BCUT2D eigenvalue weighted by atomic mass is 10.0. The number of carbonyl (C=O) groups excluding carboxylic acids is 1. The van der Waals surface area contributed by atoms with Crippen molar-refractivity contribution in [2.24, 2.45) is 11.7 Å². The molecule has 2 N–H and O–H groups in total. The highest BCUT2D eigenvalue weighted by Gasteiger charge is 2.19. The zero-order valence-electron chi connectivity index (χ0n) is 8.26. The van der Waals surface area contributed by atoms with Gasteiger partial charge in [-0.15, -0.1) is 11.6 Å². The van der Waals surface area contributed by atoms with Crippen LogP contribution in [0.25, 0.3) is 0 Å². The maximum Gasteiger partial charge on any atom is 0.336 e. The third kappa shape index (κ3) is 3.68. The molecule has 0 aliphatic heterocycles. The van der Waals surface area contributed by atoms with Crippen molar-refractivity contribution in [1.29, 1.82) is 0 Å². The molecular weight excluding hydrogens is 190 g/mol. The molecule has 4 heteroatoms. The lowest BCUT2D eigenvalue weighted by Crippen LogP contribution is -2.19. The fourth-order valence-corrected chi connectivity index (χ4v) is 1.19. The first-order valence-corrected chi connectivity index (χ1v) is 4.77. The molecule has 76 valence electrons. The molecule has 0 aliphatic carbocycles. The van der Waals surface area contributed by atoms with Crippen LogP contribution in [0.4, 0.5) is 0 Å². The molecule has 0 rings (SSSR count). The molecule has 0 heterocycles. The average Bonchev–Trinajstić information content (AvgIpc) is 2.04. The second-order valence-corrected chi connectivity index (χ2v) is 3.18. The fraction of sp³-hybridized carbons (Fsp3) is 0.667. The van der Waals surface area contributed by atoms with E-state index >= 15 is 0 Å². The van der Waals surface area contributed by atoms with E-state index in [-0.39, 0.29) is 11.9 Å². The lowest BCUT2D eigenvalue weighted by molar-refractivity contribution is -0.139. The van der Waals surface area contributed by atoms with Gasteiger partial charge in [0.15, 0.2) is 0 Å². The number of halogens is 1. The molecule has 0 aromatic carbocycles. The first-order valence-electron chi connectivity index (χ1n) is 4.23. The zero-order valence-corrected chi connectivity index (χ0v) is 9.02. The molecule has 3 nitrogen and oxygen atoms in total. The number of hydrogen-bond donors (Lipinski definition) is 1. The monoisotopic (exact) mass is 205 g/mol. The molecule has 0 amide bonds. The molecule has 0 aromatic heterocycles. The SMILES string of the molecule is CCOC(=O)C(=C(C)N)C(C)CCl. The summed E-state index contributed by atoms with van der Waals surface area (Å²) >= 11 is 5.64. The van der Waals surface area contributed by atoms with Gasteiger partial charge in [0.05, 0.1) is 12.2 Å². The number of carbonyl (C=O) groups is 1. The van der Waals surface area contributed by atoms with E-state index < -0.39 is 0 Å². The Labute approximate surface area is 83.9 Å². The molecule has 0 spiro atoms. The molecule has 0 radical (unpaired) electrons. The van der Waals surface area contributed by atoms with Crippen molar-refractivity contribution in [3.05, 3.63) is 11.3 Å². The Morgan fingerprint density at radius 3 is 2.46 bits per heavy atom. The molecule has 0 fully saturated rings. The van der Waals surface area contributed by atoms with E-state index in [1.54, 1.807) is 13.8 Å². The second kappa shape index (κ2) is 5.86. The van der Waals surface area contributed by atoms with Crippen LogP contribution in [-0.2, 0) is 9.53 Å². The van der Waals surface area contributed by atoms with Crippen LogP contribution >= 0.6 is 11.6 Å². The number of alkyl halides is 1. The second-order valence-electron chi connectivity index (χ2n) is 2.87. The van der Waals surface area contributed by atoms with Gasteiger partial charge >= 0.3 is 5.97 Å². The number of ether oxygens (including phenoxy) is 1. The van der Waals surface area contributed by atoms with Crippen molar-refractivity contribution in [2.45, 2.75) is 20.8 Å². The van der Waals surface area contributed by atoms with E-state index in [2.05, 4.69) is 0 Å². The van der Waals surface area contributed by atoms with E-state index in [1.807, 2.05) is 6.92 Å². The average molecular weight is 206 g/mol. The molecule has 13 heavy (non-hydrogen) atoms. The topological polar surface area (TPSA) is 52.3 Å². The van der Waals surface area contributed by atoms with Crippen LogP contribution in [0.15, 0.2) is 11.3 Å². The van der Waals surface area contributed by atoms with Crippen LogP contribution in [0.3, 0.4) is 0 Å². The summed E-state index contributed by atoms with van der Waals surface area (Å²) in [5, 5.41) is 0. The first-order chi connectivity index (χ1) is 6.04. The lowest BCUT2D eigenvalue weighted by Gasteiger charge is -2.13. The van der Waals surface area contributed by atoms with E-state index in [1.165, 1.54) is 0 Å². The molecule has 1 atom stereocenters. The Morgan fingerprint density at radius 1 is 1.62 bits per heavy atom. The standard InChI is InChI=1S/C9H16ClNO2/c1-4-13-9(12)8(7(3)11)6(2)5-10/h6H,4-5,11H2,1-3H3. The number of nitrogens with two attached hydrogens (primary N) is 1. The summed E-state index contributed by atoms with van der Waals surface area (Å²) in [7, 11) is 0. The van der Waals surface area contributed by atoms with Crippen LogP contribution in [0, 0.1) is 5.92 Å². The first kappa shape index (κ1) is 12.3. The Bertz CT molecular complexity index is 210. The van der Waals surface area contributed by atoms with Gasteiger partial charge in [0.2, 0.25) is 0 Å². The van der Waals surface area contributed by atoms with Gasteiger partial charge in [0.25, 0.3) is 0 Å². The van der Waals surface area contributed by atoms with Gasteiger partial charge in [0, 0.05) is 17.5 Å². The van der Waals surface area contributed by atoms with Crippen LogP contribution in [0.2, 0.25) is 0 Å². The minimum absolute atomic E-state index is 0.0642. The third-order valence-electron chi connectivity index (χ3n) is 1.64. The maximum absolute atomic E-state index is 11.4. The fourth-order valence-electron chi connectivity index (χ4n) is 1.04. The number of esters is 1. The van der Waals surface area contributed by atoms with Crippen LogP contribution in [-0.4, -0.2) is 18.5 Å². The molecular formula is C9H16ClNO2. The normalized spacial score (nSPS) is 14.8. The smallest absolute Gasteiger partial charge is 0.336 e. The summed E-state index contributed by atoms with van der Waals surface area (Å²) < 4.78 is 4.85. The number of rotatable bonds is 4. The Hall–Kier alpha value is -0.700.